The first kappa shape index (κ1) is 16.2. The van der Waals surface area contributed by atoms with E-state index >= 15 is 0 Å². The maximum Gasteiger partial charge on any atom is 0.344 e. The van der Waals surface area contributed by atoms with Crippen LogP contribution in [0.3, 0.4) is 0 Å². The maximum absolute atomic E-state index is 12.1. The van der Waals surface area contributed by atoms with Crippen molar-refractivity contribution >= 4 is 7.60 Å². The number of nitrogens with one attached hydrogen (secondary N) is 1. The Morgan fingerprint density at radius 2 is 1.74 bits per heavy atom. The summed E-state index contributed by atoms with van der Waals surface area (Å²) in [4.78, 5) is 0. The van der Waals surface area contributed by atoms with Gasteiger partial charge in [-0.3, -0.25) is 4.57 Å². The van der Waals surface area contributed by atoms with Crippen LogP contribution in [-0.2, 0) is 20.0 Å². The summed E-state index contributed by atoms with van der Waals surface area (Å²) in [7, 11) is -3.00. The first-order valence-corrected chi connectivity index (χ1v) is 8.19. The third-order valence-electron chi connectivity index (χ3n) is 2.48. The van der Waals surface area contributed by atoms with E-state index in [1.807, 2.05) is 12.1 Å². The molecular formula is C13H22NO4P. The third kappa shape index (κ3) is 6.21. The molecule has 0 aromatic heterocycles. The smallest absolute Gasteiger partial charge is 0.344 e. The average Bonchev–Trinajstić information content (AvgIpc) is 2.37. The highest BCUT2D eigenvalue weighted by Gasteiger charge is 2.22. The van der Waals surface area contributed by atoms with Gasteiger partial charge in [0, 0.05) is 0 Å². The highest BCUT2D eigenvalue weighted by atomic mass is 31.2. The van der Waals surface area contributed by atoms with Gasteiger partial charge in [0.05, 0.1) is 19.5 Å². The zero-order valence-corrected chi connectivity index (χ0v) is 12.4. The highest BCUT2D eigenvalue weighted by Crippen LogP contribution is 2.46. The SMILES string of the molecule is CCOP(=O)(CNCCc1ccc(O)cc1)OCC. The zero-order chi connectivity index (χ0) is 14.1. The molecule has 0 aliphatic heterocycles. The van der Waals surface area contributed by atoms with Gasteiger partial charge in [-0.15, -0.1) is 0 Å². The Morgan fingerprint density at radius 1 is 1.16 bits per heavy atom. The van der Waals surface area contributed by atoms with Crippen LogP contribution in [0.1, 0.15) is 19.4 Å². The molecule has 2 N–H and O–H groups in total. The van der Waals surface area contributed by atoms with Gasteiger partial charge in [0.25, 0.3) is 0 Å². The second kappa shape index (κ2) is 8.33. The van der Waals surface area contributed by atoms with Crippen LogP contribution in [0.15, 0.2) is 24.3 Å². The molecule has 0 aliphatic rings. The summed E-state index contributed by atoms with van der Waals surface area (Å²) >= 11 is 0. The van der Waals surface area contributed by atoms with Crippen LogP contribution in [-0.4, -0.2) is 31.2 Å². The van der Waals surface area contributed by atoms with E-state index in [1.54, 1.807) is 26.0 Å². The van der Waals surface area contributed by atoms with Crippen LogP contribution in [0, 0.1) is 0 Å². The topological polar surface area (TPSA) is 67.8 Å². The number of rotatable bonds is 9. The number of phenolic OH excluding ortho intramolecular Hbond substituents is 1. The molecule has 1 rings (SSSR count). The summed E-state index contributed by atoms with van der Waals surface area (Å²) < 4.78 is 22.5. The fourth-order valence-electron chi connectivity index (χ4n) is 1.63. The number of phenols is 1. The maximum atomic E-state index is 12.1. The molecule has 0 saturated carbocycles. The molecule has 5 nitrogen and oxygen atoms in total. The van der Waals surface area contributed by atoms with Crippen LogP contribution < -0.4 is 5.32 Å². The van der Waals surface area contributed by atoms with E-state index in [9.17, 15) is 4.57 Å². The summed E-state index contributed by atoms with van der Waals surface area (Å²) in [6.45, 7) is 5.01. The molecule has 0 unspecified atom stereocenters. The van der Waals surface area contributed by atoms with E-state index in [1.165, 1.54) is 0 Å². The van der Waals surface area contributed by atoms with Gasteiger partial charge in [-0.1, -0.05) is 12.1 Å². The van der Waals surface area contributed by atoms with Gasteiger partial charge >= 0.3 is 7.60 Å². The van der Waals surface area contributed by atoms with E-state index < -0.39 is 7.60 Å². The van der Waals surface area contributed by atoms with Gasteiger partial charge in [-0.2, -0.15) is 0 Å². The van der Waals surface area contributed by atoms with Crippen molar-refractivity contribution in [3.05, 3.63) is 29.8 Å². The zero-order valence-electron chi connectivity index (χ0n) is 11.5. The largest absolute Gasteiger partial charge is 0.508 e. The molecule has 0 saturated heterocycles. The second-order valence-electron chi connectivity index (χ2n) is 4.02. The lowest BCUT2D eigenvalue weighted by Gasteiger charge is -2.17. The fourth-order valence-corrected chi connectivity index (χ4v) is 3.11. The first-order chi connectivity index (χ1) is 9.09. The molecule has 0 bridgehead atoms. The second-order valence-corrected chi connectivity index (χ2v) is 6.08. The molecule has 108 valence electrons. The van der Waals surface area contributed by atoms with E-state index in [-0.39, 0.29) is 12.0 Å². The summed E-state index contributed by atoms with van der Waals surface area (Å²) in [6.07, 6.45) is 1.01. The lowest BCUT2D eigenvalue weighted by atomic mass is 10.1. The van der Waals surface area contributed by atoms with E-state index in [2.05, 4.69) is 5.32 Å². The Morgan fingerprint density at radius 3 is 2.26 bits per heavy atom. The van der Waals surface area contributed by atoms with Crippen LogP contribution >= 0.6 is 7.60 Å². The molecular weight excluding hydrogens is 265 g/mol. The number of aromatic hydroxyl groups is 1. The molecule has 0 amide bonds. The first-order valence-electron chi connectivity index (χ1n) is 6.46. The van der Waals surface area contributed by atoms with E-state index in [0.29, 0.717) is 19.8 Å². The molecule has 0 radical (unpaired) electrons. The summed E-state index contributed by atoms with van der Waals surface area (Å²) in [5.74, 6) is 0.258. The van der Waals surface area contributed by atoms with Crippen LogP contribution in [0.5, 0.6) is 5.75 Å². The van der Waals surface area contributed by atoms with Gasteiger partial charge in [0.15, 0.2) is 0 Å². The van der Waals surface area contributed by atoms with Crippen molar-refractivity contribution in [2.24, 2.45) is 0 Å². The molecule has 6 heteroatoms. The Bertz CT molecular complexity index is 398. The monoisotopic (exact) mass is 287 g/mol. The standard InChI is InChI=1S/C13H22NO4P/c1-3-17-19(16,18-4-2)11-14-10-9-12-5-7-13(15)8-6-12/h5-8,14-15H,3-4,9-11H2,1-2H3. The number of hydrogen-bond donors (Lipinski definition) is 2. The summed E-state index contributed by atoms with van der Waals surface area (Å²) in [6, 6.07) is 7.03. The van der Waals surface area contributed by atoms with E-state index in [4.69, 9.17) is 14.2 Å². The third-order valence-corrected chi connectivity index (χ3v) is 4.40. The fraction of sp³-hybridized carbons (Fsp3) is 0.538. The average molecular weight is 287 g/mol. The van der Waals surface area contributed by atoms with Gasteiger partial charge in [0.1, 0.15) is 5.75 Å². The predicted octanol–water partition coefficient (Wildman–Crippen LogP) is 2.75. The van der Waals surface area contributed by atoms with Crippen molar-refractivity contribution in [2.75, 3.05) is 26.0 Å². The molecule has 0 atom stereocenters. The molecule has 0 spiro atoms. The van der Waals surface area contributed by atoms with Crippen molar-refractivity contribution in [1.82, 2.24) is 5.32 Å². The van der Waals surface area contributed by atoms with Gasteiger partial charge < -0.3 is 19.5 Å². The van der Waals surface area contributed by atoms with Crippen molar-refractivity contribution in [1.29, 1.82) is 0 Å². The number of hydrogen-bond acceptors (Lipinski definition) is 5. The van der Waals surface area contributed by atoms with Crippen LogP contribution in [0.25, 0.3) is 0 Å². The van der Waals surface area contributed by atoms with Crippen LogP contribution in [0.2, 0.25) is 0 Å². The minimum Gasteiger partial charge on any atom is -0.508 e. The molecule has 1 aromatic rings. The minimum atomic E-state index is -3.00. The Kier molecular flexibility index (Phi) is 7.10. The molecule has 0 heterocycles. The number of benzene rings is 1. The van der Waals surface area contributed by atoms with Gasteiger partial charge in [0.2, 0.25) is 0 Å². The Balaban J connectivity index is 2.32. The highest BCUT2D eigenvalue weighted by molar-refractivity contribution is 7.53. The normalized spacial score (nSPS) is 11.7. The molecule has 1 aromatic carbocycles. The van der Waals surface area contributed by atoms with Crippen molar-refractivity contribution in [3.8, 4) is 5.75 Å². The van der Waals surface area contributed by atoms with Gasteiger partial charge in [-0.25, -0.2) is 0 Å². The molecule has 0 aliphatic carbocycles. The van der Waals surface area contributed by atoms with Gasteiger partial charge in [-0.05, 0) is 44.5 Å². The summed E-state index contributed by atoms with van der Waals surface area (Å²) in [5, 5.41) is 12.3. The molecule has 19 heavy (non-hydrogen) atoms. The molecule has 0 fully saturated rings. The van der Waals surface area contributed by atoms with Crippen molar-refractivity contribution < 1.29 is 18.7 Å². The quantitative estimate of drug-likeness (QED) is 0.540. The predicted molar refractivity (Wildman–Crippen MR) is 75.5 cm³/mol. The Labute approximate surface area is 114 Å². The van der Waals surface area contributed by atoms with E-state index in [0.717, 1.165) is 12.0 Å². The lowest BCUT2D eigenvalue weighted by Crippen LogP contribution is -2.20. The lowest BCUT2D eigenvalue weighted by molar-refractivity contribution is 0.218. The van der Waals surface area contributed by atoms with Crippen LogP contribution in [0.4, 0.5) is 0 Å². The van der Waals surface area contributed by atoms with Crippen molar-refractivity contribution in [3.63, 3.8) is 0 Å². The Hall–Kier alpha value is -0.870. The minimum absolute atomic E-state index is 0.215. The van der Waals surface area contributed by atoms with Crippen molar-refractivity contribution in [2.45, 2.75) is 20.3 Å². The summed E-state index contributed by atoms with van der Waals surface area (Å²) in [5.41, 5.74) is 1.10.